The minimum absolute atomic E-state index is 0.499. The van der Waals surface area contributed by atoms with Gasteiger partial charge in [0.05, 0.1) is 6.61 Å². The molecule has 22 heavy (non-hydrogen) atoms. The van der Waals surface area contributed by atoms with Crippen LogP contribution in [0.15, 0.2) is 22.5 Å². The van der Waals surface area contributed by atoms with Crippen LogP contribution in [-0.2, 0) is 4.74 Å². The molecule has 1 aromatic rings. The van der Waals surface area contributed by atoms with Gasteiger partial charge in [-0.2, -0.15) is 0 Å². The first-order valence-corrected chi connectivity index (χ1v) is 8.70. The molecule has 1 atom stereocenters. The van der Waals surface area contributed by atoms with E-state index >= 15 is 0 Å². The molecule has 0 amide bonds. The van der Waals surface area contributed by atoms with Crippen LogP contribution in [-0.4, -0.2) is 64.9 Å². The van der Waals surface area contributed by atoms with E-state index in [2.05, 4.69) is 52.0 Å². The predicted molar refractivity (Wildman–Crippen MR) is 96.1 cm³/mol. The fourth-order valence-electron chi connectivity index (χ4n) is 2.06. The highest BCUT2D eigenvalue weighted by Crippen LogP contribution is 2.19. The lowest BCUT2D eigenvalue weighted by Gasteiger charge is -2.18. The number of hydrogen-bond acceptors (Lipinski definition) is 4. The smallest absolute Gasteiger partial charge is 0.190 e. The van der Waals surface area contributed by atoms with Crippen LogP contribution in [0, 0.1) is 0 Å². The van der Waals surface area contributed by atoms with Crippen molar-refractivity contribution in [1.29, 1.82) is 0 Å². The number of nitrogens with one attached hydrogen (secondary N) is 2. The summed E-state index contributed by atoms with van der Waals surface area (Å²) < 4.78 is 5.07. The summed E-state index contributed by atoms with van der Waals surface area (Å²) in [5, 5.41) is 8.88. The standard InChI is InChI=1S/C16H30N4OS/c1-14(15-7-5-12-22-15)13-19-16(17-2)18-8-6-9-20(3)10-11-21-4/h5,7,12,14H,6,8-11,13H2,1-4H3,(H2,17,18,19). The van der Waals surface area contributed by atoms with Crippen molar-refractivity contribution >= 4 is 17.3 Å². The molecule has 126 valence electrons. The van der Waals surface area contributed by atoms with Gasteiger partial charge >= 0.3 is 0 Å². The van der Waals surface area contributed by atoms with Gasteiger partial charge in [-0.05, 0) is 31.5 Å². The maximum Gasteiger partial charge on any atom is 0.190 e. The zero-order valence-corrected chi connectivity index (χ0v) is 15.1. The van der Waals surface area contributed by atoms with Gasteiger partial charge in [0.1, 0.15) is 0 Å². The van der Waals surface area contributed by atoms with Gasteiger partial charge in [0.25, 0.3) is 0 Å². The molecule has 1 unspecified atom stereocenters. The van der Waals surface area contributed by atoms with Crippen molar-refractivity contribution in [3.63, 3.8) is 0 Å². The first-order valence-electron chi connectivity index (χ1n) is 7.82. The Labute approximate surface area is 138 Å². The molecular formula is C16H30N4OS. The topological polar surface area (TPSA) is 48.9 Å². The maximum absolute atomic E-state index is 5.07. The SMILES string of the molecule is CN=C(NCCCN(C)CCOC)NCC(C)c1cccs1. The first-order chi connectivity index (χ1) is 10.7. The Bertz CT molecular complexity index is 408. The highest BCUT2D eigenvalue weighted by Gasteiger charge is 2.07. The Kier molecular flexibility index (Phi) is 9.86. The number of aliphatic imine (C=N–C) groups is 1. The van der Waals surface area contributed by atoms with Crippen molar-refractivity contribution in [2.24, 2.45) is 4.99 Å². The molecule has 0 aromatic carbocycles. The molecule has 0 spiro atoms. The van der Waals surface area contributed by atoms with E-state index < -0.39 is 0 Å². The average Bonchev–Trinajstić information content (AvgIpc) is 3.06. The summed E-state index contributed by atoms with van der Waals surface area (Å²) in [7, 11) is 5.67. The van der Waals surface area contributed by atoms with Gasteiger partial charge in [-0.15, -0.1) is 11.3 Å². The Morgan fingerprint density at radius 3 is 2.86 bits per heavy atom. The second kappa shape index (κ2) is 11.5. The predicted octanol–water partition coefficient (Wildman–Crippen LogP) is 1.98. The molecule has 0 radical (unpaired) electrons. The largest absolute Gasteiger partial charge is 0.383 e. The van der Waals surface area contributed by atoms with Gasteiger partial charge in [0.15, 0.2) is 5.96 Å². The number of methoxy groups -OCH3 is 1. The summed E-state index contributed by atoms with van der Waals surface area (Å²) >= 11 is 1.81. The Hall–Kier alpha value is -1.11. The number of thiophene rings is 1. The maximum atomic E-state index is 5.07. The summed E-state index contributed by atoms with van der Waals surface area (Å²) in [6.07, 6.45) is 1.08. The van der Waals surface area contributed by atoms with Crippen molar-refractivity contribution < 1.29 is 4.74 Å². The number of guanidine groups is 1. The van der Waals surface area contributed by atoms with Crippen molar-refractivity contribution in [2.45, 2.75) is 19.3 Å². The minimum Gasteiger partial charge on any atom is -0.383 e. The lowest BCUT2D eigenvalue weighted by atomic mass is 10.1. The number of ether oxygens (including phenoxy) is 1. The van der Waals surface area contributed by atoms with Crippen LogP contribution in [0.1, 0.15) is 24.1 Å². The molecule has 0 bridgehead atoms. The monoisotopic (exact) mass is 326 g/mol. The fourth-order valence-corrected chi connectivity index (χ4v) is 2.84. The minimum atomic E-state index is 0.499. The van der Waals surface area contributed by atoms with Crippen LogP contribution in [0.5, 0.6) is 0 Å². The summed E-state index contributed by atoms with van der Waals surface area (Å²) in [5.41, 5.74) is 0. The second-order valence-electron chi connectivity index (χ2n) is 5.45. The number of nitrogens with zero attached hydrogens (tertiary/aromatic N) is 2. The van der Waals surface area contributed by atoms with Crippen LogP contribution in [0.2, 0.25) is 0 Å². The lowest BCUT2D eigenvalue weighted by molar-refractivity contribution is 0.161. The van der Waals surface area contributed by atoms with Crippen molar-refractivity contribution in [2.75, 3.05) is 54.0 Å². The van der Waals surface area contributed by atoms with Gasteiger partial charge in [0, 0.05) is 44.6 Å². The van der Waals surface area contributed by atoms with E-state index in [-0.39, 0.29) is 0 Å². The zero-order valence-electron chi connectivity index (χ0n) is 14.3. The Balaban J connectivity index is 2.15. The lowest BCUT2D eigenvalue weighted by Crippen LogP contribution is -2.40. The summed E-state index contributed by atoms with van der Waals surface area (Å²) in [5.74, 6) is 1.38. The van der Waals surface area contributed by atoms with Crippen LogP contribution in [0.25, 0.3) is 0 Å². The first kappa shape index (κ1) is 18.9. The molecule has 0 saturated heterocycles. The van der Waals surface area contributed by atoms with Crippen LogP contribution >= 0.6 is 11.3 Å². The van der Waals surface area contributed by atoms with Crippen molar-refractivity contribution in [1.82, 2.24) is 15.5 Å². The van der Waals surface area contributed by atoms with E-state index in [9.17, 15) is 0 Å². The van der Waals surface area contributed by atoms with Gasteiger partial charge in [-0.1, -0.05) is 13.0 Å². The van der Waals surface area contributed by atoms with Gasteiger partial charge in [-0.3, -0.25) is 4.99 Å². The van der Waals surface area contributed by atoms with E-state index in [1.165, 1.54) is 4.88 Å². The molecule has 1 heterocycles. The highest BCUT2D eigenvalue weighted by molar-refractivity contribution is 7.10. The number of rotatable bonds is 10. The second-order valence-corrected chi connectivity index (χ2v) is 6.43. The normalized spacial score (nSPS) is 13.4. The van der Waals surface area contributed by atoms with Gasteiger partial charge < -0.3 is 20.3 Å². The van der Waals surface area contributed by atoms with E-state index in [4.69, 9.17) is 4.74 Å². The van der Waals surface area contributed by atoms with E-state index in [0.717, 1.165) is 45.2 Å². The Morgan fingerprint density at radius 1 is 1.41 bits per heavy atom. The van der Waals surface area contributed by atoms with Gasteiger partial charge in [0.2, 0.25) is 0 Å². The molecule has 0 aliphatic carbocycles. The van der Waals surface area contributed by atoms with Crippen molar-refractivity contribution in [3.8, 4) is 0 Å². The molecular weight excluding hydrogens is 296 g/mol. The quantitative estimate of drug-likeness (QED) is 0.392. The van der Waals surface area contributed by atoms with Crippen molar-refractivity contribution in [3.05, 3.63) is 22.4 Å². The van der Waals surface area contributed by atoms with E-state index in [0.29, 0.717) is 5.92 Å². The third-order valence-corrected chi connectivity index (χ3v) is 4.62. The third kappa shape index (κ3) is 7.77. The van der Waals surface area contributed by atoms with Crippen LogP contribution in [0.3, 0.4) is 0 Å². The molecule has 1 aromatic heterocycles. The summed E-state index contributed by atoms with van der Waals surface area (Å²) in [6.45, 7) is 6.86. The average molecular weight is 327 g/mol. The summed E-state index contributed by atoms with van der Waals surface area (Å²) in [4.78, 5) is 7.96. The third-order valence-electron chi connectivity index (χ3n) is 3.51. The summed E-state index contributed by atoms with van der Waals surface area (Å²) in [6, 6.07) is 4.28. The van der Waals surface area contributed by atoms with E-state index in [1.54, 1.807) is 18.4 Å². The number of hydrogen-bond donors (Lipinski definition) is 2. The van der Waals surface area contributed by atoms with Gasteiger partial charge in [-0.25, -0.2) is 0 Å². The highest BCUT2D eigenvalue weighted by atomic mass is 32.1. The fraction of sp³-hybridized carbons (Fsp3) is 0.688. The molecule has 6 heteroatoms. The molecule has 0 aliphatic rings. The molecule has 5 nitrogen and oxygen atoms in total. The molecule has 2 N–H and O–H groups in total. The van der Waals surface area contributed by atoms with Crippen LogP contribution in [0.4, 0.5) is 0 Å². The number of likely N-dealkylation sites (N-methyl/N-ethyl adjacent to an activating group) is 1. The molecule has 0 aliphatic heterocycles. The molecule has 0 saturated carbocycles. The zero-order chi connectivity index (χ0) is 16.2. The molecule has 0 fully saturated rings. The Morgan fingerprint density at radius 2 is 2.23 bits per heavy atom. The molecule has 1 rings (SSSR count). The van der Waals surface area contributed by atoms with E-state index in [1.807, 2.05) is 7.05 Å². The van der Waals surface area contributed by atoms with Crippen LogP contribution < -0.4 is 10.6 Å².